The second kappa shape index (κ2) is 6.52. The molecule has 4 heteroatoms. The molecule has 0 saturated heterocycles. The molecule has 2 aromatic rings. The van der Waals surface area contributed by atoms with Crippen LogP contribution in [0.2, 0.25) is 0 Å². The van der Waals surface area contributed by atoms with E-state index in [1.54, 1.807) is 11.8 Å². The number of hydrogen-bond acceptors (Lipinski definition) is 4. The second-order valence-corrected chi connectivity index (χ2v) is 4.74. The molecule has 1 N–H and O–H groups in total. The van der Waals surface area contributed by atoms with Crippen LogP contribution in [0.4, 0.5) is 0 Å². The molecule has 1 aromatic carbocycles. The van der Waals surface area contributed by atoms with E-state index in [2.05, 4.69) is 23.7 Å². The van der Waals surface area contributed by atoms with E-state index < -0.39 is 0 Å². The number of nitrogens with one attached hydrogen (secondary N) is 1. The van der Waals surface area contributed by atoms with Crippen LogP contribution >= 0.6 is 11.8 Å². The number of furan rings is 1. The molecule has 1 aromatic heterocycles. The number of ether oxygens (including phenoxy) is 1. The molecule has 0 unspecified atom stereocenters. The van der Waals surface area contributed by atoms with Crippen molar-refractivity contribution in [3.8, 4) is 5.75 Å². The lowest BCUT2D eigenvalue weighted by atomic mass is 10.3. The summed E-state index contributed by atoms with van der Waals surface area (Å²) in [7, 11) is 1.89. The zero-order chi connectivity index (χ0) is 12.8. The third kappa shape index (κ3) is 3.55. The smallest absolute Gasteiger partial charge is 0.146 e. The molecule has 3 nitrogen and oxygen atoms in total. The summed E-state index contributed by atoms with van der Waals surface area (Å²) in [5.41, 5.74) is 0. The monoisotopic (exact) mass is 263 g/mol. The lowest BCUT2D eigenvalue weighted by Gasteiger charge is -2.04. The average molecular weight is 263 g/mol. The zero-order valence-corrected chi connectivity index (χ0v) is 11.4. The fourth-order valence-electron chi connectivity index (χ4n) is 1.60. The third-order valence-corrected chi connectivity index (χ3v) is 3.25. The fraction of sp³-hybridized carbons (Fsp3) is 0.286. The average Bonchev–Trinajstić information content (AvgIpc) is 2.85. The normalized spacial score (nSPS) is 10.6. The van der Waals surface area contributed by atoms with Crippen LogP contribution in [0.5, 0.6) is 5.75 Å². The van der Waals surface area contributed by atoms with Crippen LogP contribution in [0.1, 0.15) is 11.5 Å². The summed E-state index contributed by atoms with van der Waals surface area (Å²) in [4.78, 5) is 1.23. The fourth-order valence-corrected chi connectivity index (χ4v) is 2.00. The van der Waals surface area contributed by atoms with E-state index in [4.69, 9.17) is 9.15 Å². The Kier molecular flexibility index (Phi) is 4.73. The van der Waals surface area contributed by atoms with Gasteiger partial charge in [0, 0.05) is 4.90 Å². The summed E-state index contributed by atoms with van der Waals surface area (Å²) >= 11 is 1.72. The van der Waals surface area contributed by atoms with Crippen LogP contribution < -0.4 is 10.1 Å². The van der Waals surface area contributed by atoms with E-state index in [1.807, 2.05) is 31.3 Å². The van der Waals surface area contributed by atoms with Gasteiger partial charge >= 0.3 is 0 Å². The maximum Gasteiger partial charge on any atom is 0.146 e. The molecule has 0 bridgehead atoms. The number of benzene rings is 1. The van der Waals surface area contributed by atoms with E-state index in [0.717, 1.165) is 23.8 Å². The van der Waals surface area contributed by atoms with Crippen molar-refractivity contribution in [2.75, 3.05) is 13.3 Å². The van der Waals surface area contributed by atoms with Crippen LogP contribution in [-0.4, -0.2) is 13.3 Å². The quantitative estimate of drug-likeness (QED) is 0.811. The van der Waals surface area contributed by atoms with Crippen molar-refractivity contribution in [2.45, 2.75) is 18.0 Å². The zero-order valence-electron chi connectivity index (χ0n) is 10.6. The minimum Gasteiger partial charge on any atom is -0.486 e. The van der Waals surface area contributed by atoms with Gasteiger partial charge in [0.2, 0.25) is 0 Å². The van der Waals surface area contributed by atoms with Crippen LogP contribution in [0, 0.1) is 0 Å². The first-order valence-corrected chi connectivity index (χ1v) is 7.03. The standard InChI is InChI=1S/C14H17NO2S/c1-15-9-12-3-4-13(17-12)10-16-11-5-7-14(18-2)8-6-11/h3-8,15H,9-10H2,1-2H3. The predicted molar refractivity (Wildman–Crippen MR) is 74.0 cm³/mol. The lowest BCUT2D eigenvalue weighted by molar-refractivity contribution is 0.265. The predicted octanol–water partition coefficient (Wildman–Crippen LogP) is 3.30. The summed E-state index contributed by atoms with van der Waals surface area (Å²) in [6.45, 7) is 1.20. The molecule has 0 aliphatic carbocycles. The largest absolute Gasteiger partial charge is 0.486 e. The SMILES string of the molecule is CNCc1ccc(COc2ccc(SC)cc2)o1. The highest BCUT2D eigenvalue weighted by Crippen LogP contribution is 2.20. The van der Waals surface area contributed by atoms with Crippen molar-refractivity contribution in [3.63, 3.8) is 0 Å². The van der Waals surface area contributed by atoms with Gasteiger partial charge < -0.3 is 14.5 Å². The topological polar surface area (TPSA) is 34.4 Å². The van der Waals surface area contributed by atoms with Gasteiger partial charge in [0.15, 0.2) is 0 Å². The lowest BCUT2D eigenvalue weighted by Crippen LogP contribution is -2.03. The summed E-state index contributed by atoms with van der Waals surface area (Å²) in [5, 5.41) is 3.05. The van der Waals surface area contributed by atoms with Gasteiger partial charge in [0.05, 0.1) is 6.54 Å². The summed E-state index contributed by atoms with van der Waals surface area (Å²) in [6, 6.07) is 12.0. The van der Waals surface area contributed by atoms with Gasteiger partial charge in [-0.1, -0.05) is 0 Å². The van der Waals surface area contributed by atoms with Gasteiger partial charge in [-0.25, -0.2) is 0 Å². The molecule has 0 spiro atoms. The Labute approximate surface area is 112 Å². The first kappa shape index (κ1) is 13.1. The number of hydrogen-bond donors (Lipinski definition) is 1. The van der Waals surface area contributed by atoms with Crippen LogP contribution in [-0.2, 0) is 13.2 Å². The van der Waals surface area contributed by atoms with Gasteiger partial charge in [-0.2, -0.15) is 0 Å². The van der Waals surface area contributed by atoms with Gasteiger partial charge in [0.1, 0.15) is 23.9 Å². The van der Waals surface area contributed by atoms with Crippen molar-refractivity contribution in [2.24, 2.45) is 0 Å². The van der Waals surface area contributed by atoms with Crippen LogP contribution in [0.15, 0.2) is 45.7 Å². The Morgan fingerprint density at radius 3 is 2.50 bits per heavy atom. The van der Waals surface area contributed by atoms with E-state index >= 15 is 0 Å². The molecule has 0 aliphatic rings. The highest BCUT2D eigenvalue weighted by Gasteiger charge is 2.02. The molecule has 0 saturated carbocycles. The Morgan fingerprint density at radius 2 is 1.83 bits per heavy atom. The Bertz CT molecular complexity index is 479. The van der Waals surface area contributed by atoms with E-state index in [-0.39, 0.29) is 0 Å². The molecule has 0 aliphatic heterocycles. The first-order chi connectivity index (χ1) is 8.81. The molecule has 0 atom stereocenters. The highest BCUT2D eigenvalue weighted by atomic mass is 32.2. The van der Waals surface area contributed by atoms with E-state index in [9.17, 15) is 0 Å². The first-order valence-electron chi connectivity index (χ1n) is 5.81. The van der Waals surface area contributed by atoms with E-state index in [1.165, 1.54) is 4.90 Å². The Balaban J connectivity index is 1.89. The van der Waals surface area contributed by atoms with E-state index in [0.29, 0.717) is 6.61 Å². The molecule has 0 radical (unpaired) electrons. The summed E-state index contributed by atoms with van der Waals surface area (Å²) in [6.07, 6.45) is 2.06. The maximum absolute atomic E-state index is 5.66. The Hall–Kier alpha value is -1.39. The summed E-state index contributed by atoms with van der Waals surface area (Å²) < 4.78 is 11.3. The molecule has 18 heavy (non-hydrogen) atoms. The second-order valence-electron chi connectivity index (χ2n) is 3.86. The third-order valence-electron chi connectivity index (χ3n) is 2.51. The van der Waals surface area contributed by atoms with Crippen molar-refractivity contribution < 1.29 is 9.15 Å². The number of rotatable bonds is 6. The Morgan fingerprint density at radius 1 is 1.11 bits per heavy atom. The van der Waals surface area contributed by atoms with Crippen LogP contribution in [0.25, 0.3) is 0 Å². The maximum atomic E-state index is 5.66. The molecule has 2 rings (SSSR count). The van der Waals surface area contributed by atoms with Crippen molar-refractivity contribution in [1.82, 2.24) is 5.32 Å². The van der Waals surface area contributed by atoms with Gasteiger partial charge in [-0.3, -0.25) is 0 Å². The van der Waals surface area contributed by atoms with Crippen molar-refractivity contribution in [3.05, 3.63) is 47.9 Å². The van der Waals surface area contributed by atoms with Gasteiger partial charge in [-0.05, 0) is 49.7 Å². The molecule has 96 valence electrons. The minimum atomic E-state index is 0.461. The van der Waals surface area contributed by atoms with Crippen LogP contribution in [0.3, 0.4) is 0 Å². The van der Waals surface area contributed by atoms with Crippen molar-refractivity contribution in [1.29, 1.82) is 0 Å². The van der Waals surface area contributed by atoms with Crippen molar-refractivity contribution >= 4 is 11.8 Å². The number of thioether (sulfide) groups is 1. The molecule has 0 fully saturated rings. The molecular formula is C14H17NO2S. The van der Waals surface area contributed by atoms with Gasteiger partial charge in [0.25, 0.3) is 0 Å². The molecule has 1 heterocycles. The van der Waals surface area contributed by atoms with Gasteiger partial charge in [-0.15, -0.1) is 11.8 Å². The highest BCUT2D eigenvalue weighted by molar-refractivity contribution is 7.98. The summed E-state index contributed by atoms with van der Waals surface area (Å²) in [5.74, 6) is 2.63. The molecular weight excluding hydrogens is 246 g/mol. The molecule has 0 amide bonds. The minimum absolute atomic E-state index is 0.461.